The average Bonchev–Trinajstić information content (AvgIpc) is 2.55. The molecular formula is C8H14N2O. The van der Waals surface area contributed by atoms with Crippen molar-refractivity contribution in [2.45, 2.75) is 25.3 Å². The Morgan fingerprint density at radius 2 is 2.18 bits per heavy atom. The summed E-state index contributed by atoms with van der Waals surface area (Å²) in [5.74, 6) is 0.516. The molecule has 2 N–H and O–H groups in total. The van der Waals surface area contributed by atoms with Gasteiger partial charge in [0.2, 0.25) is 5.91 Å². The van der Waals surface area contributed by atoms with Crippen molar-refractivity contribution in [1.82, 2.24) is 10.6 Å². The molecule has 0 spiro atoms. The summed E-state index contributed by atoms with van der Waals surface area (Å²) in [6, 6.07) is 0.470. The molecule has 1 amide bonds. The van der Waals surface area contributed by atoms with Crippen molar-refractivity contribution in [3.05, 3.63) is 0 Å². The number of nitrogens with one attached hydrogen (secondary N) is 2. The summed E-state index contributed by atoms with van der Waals surface area (Å²) >= 11 is 0. The summed E-state index contributed by atoms with van der Waals surface area (Å²) in [5.41, 5.74) is 0. The van der Waals surface area contributed by atoms with Gasteiger partial charge in [-0.15, -0.1) is 0 Å². The molecular weight excluding hydrogens is 140 g/mol. The maximum atomic E-state index is 11.2. The molecule has 2 rings (SSSR count). The lowest BCUT2D eigenvalue weighted by atomic mass is 9.97. The van der Waals surface area contributed by atoms with E-state index in [9.17, 15) is 4.79 Å². The molecule has 2 unspecified atom stereocenters. The van der Waals surface area contributed by atoms with Crippen LogP contribution in [0, 0.1) is 5.92 Å². The summed E-state index contributed by atoms with van der Waals surface area (Å²) < 4.78 is 0. The van der Waals surface area contributed by atoms with Crippen LogP contribution >= 0.6 is 0 Å². The van der Waals surface area contributed by atoms with Crippen molar-refractivity contribution in [3.8, 4) is 0 Å². The van der Waals surface area contributed by atoms with Gasteiger partial charge < -0.3 is 10.6 Å². The molecule has 2 saturated heterocycles. The summed E-state index contributed by atoms with van der Waals surface area (Å²) in [7, 11) is 0. The molecule has 2 aliphatic rings. The van der Waals surface area contributed by atoms with Gasteiger partial charge in [0.15, 0.2) is 0 Å². The van der Waals surface area contributed by atoms with Gasteiger partial charge in [0.25, 0.3) is 0 Å². The van der Waals surface area contributed by atoms with Crippen LogP contribution in [0.15, 0.2) is 0 Å². The molecule has 2 aliphatic heterocycles. The van der Waals surface area contributed by atoms with E-state index in [4.69, 9.17) is 0 Å². The van der Waals surface area contributed by atoms with Crippen LogP contribution in [0.2, 0.25) is 0 Å². The molecule has 0 bridgehead atoms. The Labute approximate surface area is 66.5 Å². The third kappa shape index (κ3) is 1.25. The number of carbonyl (C=O) groups excluding carboxylic acids is 1. The molecule has 11 heavy (non-hydrogen) atoms. The van der Waals surface area contributed by atoms with Crippen molar-refractivity contribution < 1.29 is 4.79 Å². The molecule has 3 nitrogen and oxygen atoms in total. The fourth-order valence-corrected chi connectivity index (χ4v) is 2.05. The molecule has 0 aromatic heterocycles. The van der Waals surface area contributed by atoms with Crippen molar-refractivity contribution in [1.29, 1.82) is 0 Å². The number of amides is 1. The first-order chi connectivity index (χ1) is 5.38. The van der Waals surface area contributed by atoms with Gasteiger partial charge in [-0.25, -0.2) is 0 Å². The van der Waals surface area contributed by atoms with Crippen LogP contribution in [-0.4, -0.2) is 25.0 Å². The average molecular weight is 154 g/mol. The Balaban J connectivity index is 1.97. The highest BCUT2D eigenvalue weighted by molar-refractivity contribution is 5.81. The van der Waals surface area contributed by atoms with E-state index in [2.05, 4.69) is 10.6 Å². The lowest BCUT2D eigenvalue weighted by molar-refractivity contribution is -0.123. The first-order valence-electron chi connectivity index (χ1n) is 4.39. The SMILES string of the molecule is O=C1NCCC1C1CCCN1. The first-order valence-corrected chi connectivity index (χ1v) is 4.39. The van der Waals surface area contributed by atoms with Crippen LogP contribution in [0.3, 0.4) is 0 Å². The minimum absolute atomic E-state index is 0.254. The highest BCUT2D eigenvalue weighted by Crippen LogP contribution is 2.20. The second-order valence-corrected chi connectivity index (χ2v) is 3.39. The Kier molecular flexibility index (Phi) is 1.82. The van der Waals surface area contributed by atoms with E-state index < -0.39 is 0 Å². The predicted octanol–water partition coefficient (Wildman–Crippen LogP) is -0.126. The monoisotopic (exact) mass is 154 g/mol. The normalized spacial score (nSPS) is 37.6. The van der Waals surface area contributed by atoms with Crippen LogP contribution in [0.1, 0.15) is 19.3 Å². The van der Waals surface area contributed by atoms with E-state index in [0.29, 0.717) is 6.04 Å². The lowest BCUT2D eigenvalue weighted by Gasteiger charge is -2.14. The highest BCUT2D eigenvalue weighted by Gasteiger charge is 2.33. The van der Waals surface area contributed by atoms with Gasteiger partial charge in [0, 0.05) is 12.6 Å². The largest absolute Gasteiger partial charge is 0.356 e. The minimum atomic E-state index is 0.254. The molecule has 0 radical (unpaired) electrons. The van der Waals surface area contributed by atoms with Crippen LogP contribution in [0.4, 0.5) is 0 Å². The number of rotatable bonds is 1. The second kappa shape index (κ2) is 2.81. The van der Waals surface area contributed by atoms with Crippen LogP contribution in [0.25, 0.3) is 0 Å². The molecule has 0 aliphatic carbocycles. The van der Waals surface area contributed by atoms with Crippen molar-refractivity contribution in [3.63, 3.8) is 0 Å². The zero-order chi connectivity index (χ0) is 7.68. The van der Waals surface area contributed by atoms with Gasteiger partial charge in [-0.3, -0.25) is 4.79 Å². The second-order valence-electron chi connectivity index (χ2n) is 3.39. The molecule has 2 heterocycles. The fourth-order valence-electron chi connectivity index (χ4n) is 2.05. The van der Waals surface area contributed by atoms with Gasteiger partial charge in [-0.2, -0.15) is 0 Å². The van der Waals surface area contributed by atoms with E-state index >= 15 is 0 Å². The molecule has 3 heteroatoms. The standard InChI is InChI=1S/C8H14N2O/c11-8-6(3-5-10-8)7-2-1-4-9-7/h6-7,9H,1-5H2,(H,10,11). The van der Waals surface area contributed by atoms with Gasteiger partial charge in [0.05, 0.1) is 5.92 Å². The number of hydrogen-bond donors (Lipinski definition) is 2. The number of hydrogen-bond acceptors (Lipinski definition) is 2. The van der Waals surface area contributed by atoms with Crippen molar-refractivity contribution >= 4 is 5.91 Å². The topological polar surface area (TPSA) is 41.1 Å². The zero-order valence-corrected chi connectivity index (χ0v) is 6.60. The van der Waals surface area contributed by atoms with E-state index in [-0.39, 0.29) is 11.8 Å². The summed E-state index contributed by atoms with van der Waals surface area (Å²) in [5, 5.41) is 6.24. The summed E-state index contributed by atoms with van der Waals surface area (Å²) in [6.07, 6.45) is 3.43. The lowest BCUT2D eigenvalue weighted by Crippen LogP contribution is -2.35. The smallest absolute Gasteiger partial charge is 0.224 e. The quantitative estimate of drug-likeness (QED) is 0.552. The van der Waals surface area contributed by atoms with Gasteiger partial charge >= 0.3 is 0 Å². The Bertz CT molecular complexity index is 163. The number of carbonyl (C=O) groups is 1. The van der Waals surface area contributed by atoms with Crippen molar-refractivity contribution in [2.75, 3.05) is 13.1 Å². The van der Waals surface area contributed by atoms with Crippen LogP contribution < -0.4 is 10.6 Å². The maximum Gasteiger partial charge on any atom is 0.224 e. The Morgan fingerprint density at radius 1 is 1.27 bits per heavy atom. The predicted molar refractivity (Wildman–Crippen MR) is 42.1 cm³/mol. The summed E-state index contributed by atoms with van der Waals surface area (Å²) in [4.78, 5) is 11.2. The maximum absolute atomic E-state index is 11.2. The Morgan fingerprint density at radius 3 is 2.73 bits per heavy atom. The molecule has 2 atom stereocenters. The molecule has 0 saturated carbocycles. The molecule has 62 valence electrons. The van der Waals surface area contributed by atoms with E-state index in [1.165, 1.54) is 12.8 Å². The third-order valence-electron chi connectivity index (χ3n) is 2.68. The van der Waals surface area contributed by atoms with Gasteiger partial charge in [-0.1, -0.05) is 0 Å². The van der Waals surface area contributed by atoms with E-state index in [0.717, 1.165) is 19.5 Å². The zero-order valence-electron chi connectivity index (χ0n) is 6.60. The Hall–Kier alpha value is -0.570. The highest BCUT2D eigenvalue weighted by atomic mass is 16.2. The molecule has 0 aromatic rings. The third-order valence-corrected chi connectivity index (χ3v) is 2.68. The van der Waals surface area contributed by atoms with Crippen molar-refractivity contribution in [2.24, 2.45) is 5.92 Å². The van der Waals surface area contributed by atoms with Crippen LogP contribution in [0.5, 0.6) is 0 Å². The van der Waals surface area contributed by atoms with E-state index in [1.54, 1.807) is 0 Å². The van der Waals surface area contributed by atoms with Gasteiger partial charge in [0.1, 0.15) is 0 Å². The molecule has 2 fully saturated rings. The molecule has 0 aromatic carbocycles. The fraction of sp³-hybridized carbons (Fsp3) is 0.875. The summed E-state index contributed by atoms with van der Waals surface area (Å²) in [6.45, 7) is 1.97. The first kappa shape index (κ1) is 7.10. The minimum Gasteiger partial charge on any atom is -0.356 e. The van der Waals surface area contributed by atoms with Gasteiger partial charge in [-0.05, 0) is 25.8 Å². The van der Waals surface area contributed by atoms with E-state index in [1.807, 2.05) is 0 Å². The van der Waals surface area contributed by atoms with Crippen LogP contribution in [-0.2, 0) is 4.79 Å².